The normalized spacial score (nSPS) is 11.7. The zero-order valence-electron chi connectivity index (χ0n) is 11.9. The molecule has 1 heterocycles. The van der Waals surface area contributed by atoms with Crippen LogP contribution in [0.1, 0.15) is 38.5 Å². The van der Waals surface area contributed by atoms with Gasteiger partial charge in [0.1, 0.15) is 5.60 Å². The average molecular weight is 292 g/mol. The minimum absolute atomic E-state index is 0.290. The van der Waals surface area contributed by atoms with Crippen molar-refractivity contribution in [2.45, 2.75) is 32.8 Å². The predicted octanol–water partition coefficient (Wildman–Crippen LogP) is 4.23. The second kappa shape index (κ2) is 5.17. The number of hydrogen-bond donors (Lipinski definition) is 0. The molecular formula is C15H14F2N2O2. The number of rotatable bonds is 1. The highest BCUT2D eigenvalue weighted by Gasteiger charge is 2.25. The molecule has 6 heteroatoms. The van der Waals surface area contributed by atoms with Gasteiger partial charge in [0.05, 0.1) is 22.8 Å². The van der Waals surface area contributed by atoms with Crippen molar-refractivity contribution in [2.75, 3.05) is 0 Å². The minimum atomic E-state index is -2.82. The second-order valence-corrected chi connectivity index (χ2v) is 5.57. The number of fused-ring (bicyclic) bond motifs is 1. The Bertz CT molecular complexity index is 736. The van der Waals surface area contributed by atoms with E-state index in [1.54, 1.807) is 20.8 Å². The van der Waals surface area contributed by atoms with E-state index in [0.717, 1.165) is 4.57 Å². The molecule has 21 heavy (non-hydrogen) atoms. The summed E-state index contributed by atoms with van der Waals surface area (Å²) in [5.41, 5.74) is -0.614. The van der Waals surface area contributed by atoms with Crippen LogP contribution in [0.4, 0.5) is 13.6 Å². The van der Waals surface area contributed by atoms with Crippen LogP contribution in [0.15, 0.2) is 24.3 Å². The highest BCUT2D eigenvalue weighted by atomic mass is 19.3. The van der Waals surface area contributed by atoms with Gasteiger partial charge in [0.2, 0.25) is 0 Å². The molecule has 2 rings (SSSR count). The Morgan fingerprint density at radius 2 is 2.00 bits per heavy atom. The lowest BCUT2D eigenvalue weighted by Crippen LogP contribution is -2.28. The summed E-state index contributed by atoms with van der Waals surface area (Å²) in [4.78, 5) is 12.2. The molecule has 0 saturated carbocycles. The summed E-state index contributed by atoms with van der Waals surface area (Å²) in [6.07, 6.45) is -3.69. The van der Waals surface area contributed by atoms with E-state index in [2.05, 4.69) is 0 Å². The predicted molar refractivity (Wildman–Crippen MR) is 73.2 cm³/mol. The molecule has 0 radical (unpaired) electrons. The first-order valence-electron chi connectivity index (χ1n) is 6.30. The van der Waals surface area contributed by atoms with Crippen LogP contribution in [0.3, 0.4) is 0 Å². The number of nitriles is 1. The lowest BCUT2D eigenvalue weighted by atomic mass is 10.2. The van der Waals surface area contributed by atoms with Crippen molar-refractivity contribution < 1.29 is 18.3 Å². The Morgan fingerprint density at radius 1 is 1.33 bits per heavy atom. The van der Waals surface area contributed by atoms with E-state index in [-0.39, 0.29) is 0 Å². The molecule has 2 aromatic rings. The van der Waals surface area contributed by atoms with Crippen LogP contribution >= 0.6 is 0 Å². The quantitative estimate of drug-likeness (QED) is 0.790. The van der Waals surface area contributed by atoms with Crippen LogP contribution < -0.4 is 0 Å². The maximum atomic E-state index is 13.1. The Kier molecular flexibility index (Phi) is 3.69. The van der Waals surface area contributed by atoms with Crippen molar-refractivity contribution in [3.05, 3.63) is 35.5 Å². The van der Waals surface area contributed by atoms with Crippen LogP contribution in [-0.2, 0) is 4.74 Å². The van der Waals surface area contributed by atoms with Gasteiger partial charge in [-0.05, 0) is 45.0 Å². The Labute approximate surface area is 120 Å². The van der Waals surface area contributed by atoms with Crippen molar-refractivity contribution in [3.8, 4) is 6.07 Å². The van der Waals surface area contributed by atoms with Gasteiger partial charge in [0, 0.05) is 5.39 Å². The molecule has 0 bridgehead atoms. The summed E-state index contributed by atoms with van der Waals surface area (Å²) in [6, 6.07) is 7.52. The number of carbonyl (C=O) groups is 1. The molecule has 0 unspecified atom stereocenters. The Hall–Kier alpha value is -2.42. The van der Waals surface area contributed by atoms with Gasteiger partial charge < -0.3 is 4.74 Å². The van der Waals surface area contributed by atoms with Crippen molar-refractivity contribution in [1.29, 1.82) is 5.26 Å². The van der Waals surface area contributed by atoms with Gasteiger partial charge in [0.15, 0.2) is 0 Å². The number of hydrogen-bond acceptors (Lipinski definition) is 3. The first-order chi connectivity index (χ1) is 9.73. The fraction of sp³-hybridized carbons (Fsp3) is 0.333. The van der Waals surface area contributed by atoms with Gasteiger partial charge in [-0.15, -0.1) is 0 Å². The van der Waals surface area contributed by atoms with Gasteiger partial charge in [-0.2, -0.15) is 5.26 Å². The fourth-order valence-corrected chi connectivity index (χ4v) is 1.98. The van der Waals surface area contributed by atoms with Gasteiger partial charge in [0.25, 0.3) is 6.43 Å². The van der Waals surface area contributed by atoms with Gasteiger partial charge >= 0.3 is 6.09 Å². The molecule has 0 aliphatic heterocycles. The average Bonchev–Trinajstić information content (AvgIpc) is 2.74. The molecular weight excluding hydrogens is 278 g/mol. The molecule has 0 spiro atoms. The highest BCUT2D eigenvalue weighted by Crippen LogP contribution is 2.29. The number of nitrogens with zero attached hydrogens (tertiary/aromatic N) is 2. The maximum Gasteiger partial charge on any atom is 0.419 e. The zero-order chi connectivity index (χ0) is 15.8. The van der Waals surface area contributed by atoms with E-state index in [1.165, 1.54) is 24.3 Å². The summed E-state index contributed by atoms with van der Waals surface area (Å²) in [5, 5.41) is 9.25. The highest BCUT2D eigenvalue weighted by molar-refractivity contribution is 5.91. The zero-order valence-corrected chi connectivity index (χ0v) is 11.9. The van der Waals surface area contributed by atoms with Crippen LogP contribution in [-0.4, -0.2) is 16.3 Å². The standard InChI is InChI=1S/C15H14F2N2O2/c1-15(2,3)21-14(20)19-11-5-4-9(8-18)6-10(11)7-12(19)13(16)17/h4-7,13H,1-3H3. The molecule has 0 atom stereocenters. The van der Waals surface area contributed by atoms with Gasteiger partial charge in [-0.25, -0.2) is 18.1 Å². The lowest BCUT2D eigenvalue weighted by Gasteiger charge is -2.20. The Morgan fingerprint density at radius 3 is 2.52 bits per heavy atom. The molecule has 0 N–H and O–H groups in total. The minimum Gasteiger partial charge on any atom is -0.443 e. The number of halogens is 2. The van der Waals surface area contributed by atoms with E-state index in [0.29, 0.717) is 16.5 Å². The van der Waals surface area contributed by atoms with Crippen molar-refractivity contribution in [2.24, 2.45) is 0 Å². The fourth-order valence-electron chi connectivity index (χ4n) is 1.98. The summed E-state index contributed by atoms with van der Waals surface area (Å²) in [6.45, 7) is 4.98. The number of aromatic nitrogens is 1. The summed E-state index contributed by atoms with van der Waals surface area (Å²) >= 11 is 0. The van der Waals surface area contributed by atoms with Gasteiger partial charge in [-0.1, -0.05) is 0 Å². The summed E-state index contributed by atoms with van der Waals surface area (Å²) < 4.78 is 32.3. The number of ether oxygens (including phenoxy) is 1. The van der Waals surface area contributed by atoms with E-state index >= 15 is 0 Å². The summed E-state index contributed by atoms with van der Waals surface area (Å²) in [5.74, 6) is 0. The number of benzene rings is 1. The maximum absolute atomic E-state index is 13.1. The summed E-state index contributed by atoms with van der Waals surface area (Å²) in [7, 11) is 0. The first-order valence-corrected chi connectivity index (χ1v) is 6.30. The molecule has 1 aromatic heterocycles. The topological polar surface area (TPSA) is 55.0 Å². The molecule has 0 saturated heterocycles. The Balaban J connectivity index is 2.62. The van der Waals surface area contributed by atoms with Crippen molar-refractivity contribution in [1.82, 2.24) is 4.57 Å². The van der Waals surface area contributed by atoms with E-state index in [4.69, 9.17) is 10.00 Å². The monoisotopic (exact) mass is 292 g/mol. The number of alkyl halides is 2. The van der Waals surface area contributed by atoms with Crippen LogP contribution in [0, 0.1) is 11.3 Å². The first kappa shape index (κ1) is 15.0. The molecule has 0 fully saturated rings. The second-order valence-electron chi connectivity index (χ2n) is 5.57. The third kappa shape index (κ3) is 3.02. The van der Waals surface area contributed by atoms with Crippen molar-refractivity contribution in [3.63, 3.8) is 0 Å². The smallest absolute Gasteiger partial charge is 0.419 e. The van der Waals surface area contributed by atoms with E-state index < -0.39 is 23.8 Å². The van der Waals surface area contributed by atoms with Crippen LogP contribution in [0.25, 0.3) is 10.9 Å². The van der Waals surface area contributed by atoms with Crippen LogP contribution in [0.5, 0.6) is 0 Å². The van der Waals surface area contributed by atoms with Gasteiger partial charge in [-0.3, -0.25) is 0 Å². The molecule has 110 valence electrons. The molecule has 4 nitrogen and oxygen atoms in total. The van der Waals surface area contributed by atoms with E-state index in [9.17, 15) is 13.6 Å². The molecule has 0 aliphatic rings. The lowest BCUT2D eigenvalue weighted by molar-refractivity contribution is 0.0511. The third-order valence-electron chi connectivity index (χ3n) is 2.76. The molecule has 1 aromatic carbocycles. The third-order valence-corrected chi connectivity index (χ3v) is 2.76. The molecule has 0 amide bonds. The largest absolute Gasteiger partial charge is 0.443 e. The van der Waals surface area contributed by atoms with Crippen molar-refractivity contribution >= 4 is 17.0 Å². The van der Waals surface area contributed by atoms with E-state index in [1.807, 2.05) is 6.07 Å². The SMILES string of the molecule is CC(C)(C)OC(=O)n1c(C(F)F)cc2cc(C#N)ccc21. The van der Waals surface area contributed by atoms with Crippen LogP contribution in [0.2, 0.25) is 0 Å². The molecule has 0 aliphatic carbocycles. The number of carbonyl (C=O) groups excluding carboxylic acids is 1.